The van der Waals surface area contributed by atoms with Crippen LogP contribution in [0.1, 0.15) is 0 Å². The van der Waals surface area contributed by atoms with Gasteiger partial charge in [-0.2, -0.15) is 5.10 Å². The minimum absolute atomic E-state index is 0.0180. The maximum absolute atomic E-state index is 9.10. The predicted octanol–water partition coefficient (Wildman–Crippen LogP) is -0.769. The van der Waals surface area contributed by atoms with Crippen molar-refractivity contribution in [3.8, 4) is 0 Å². The normalized spacial score (nSPS) is 15.4. The molecule has 1 rings (SSSR count). The predicted molar refractivity (Wildman–Crippen MR) is 53.0 cm³/mol. The number of ether oxygens (including phenoxy) is 1. The van der Waals surface area contributed by atoms with Gasteiger partial charge in [0.15, 0.2) is 5.16 Å². The largest absolute Gasteiger partial charge is 0.395 e. The number of hydrogen-bond donors (Lipinski definition) is 3. The van der Waals surface area contributed by atoms with Gasteiger partial charge in [0.05, 0.1) is 18.5 Å². The van der Waals surface area contributed by atoms with Crippen molar-refractivity contribution < 1.29 is 9.84 Å². The van der Waals surface area contributed by atoms with Crippen LogP contribution in [0.5, 0.6) is 0 Å². The van der Waals surface area contributed by atoms with E-state index in [9.17, 15) is 0 Å². The van der Waals surface area contributed by atoms with Crippen LogP contribution >= 0.6 is 11.8 Å². The van der Waals surface area contributed by atoms with Gasteiger partial charge in [-0.15, -0.1) is 0 Å². The van der Waals surface area contributed by atoms with Crippen LogP contribution in [0.25, 0.3) is 0 Å². The number of nitrogens with zero attached hydrogens (tertiary/aromatic N) is 2. The number of H-pyrrole nitrogens is 1. The summed E-state index contributed by atoms with van der Waals surface area (Å²) in [6, 6.07) is -0.222. The highest BCUT2D eigenvalue weighted by Crippen LogP contribution is 2.20. The number of aliphatic hydroxyl groups is 1. The van der Waals surface area contributed by atoms with E-state index in [1.807, 2.05) is 0 Å². The lowest BCUT2D eigenvalue weighted by molar-refractivity contribution is 0.167. The van der Waals surface area contributed by atoms with E-state index in [-0.39, 0.29) is 17.9 Å². The van der Waals surface area contributed by atoms with Crippen molar-refractivity contribution in [2.75, 3.05) is 20.3 Å². The molecule has 0 saturated carbocycles. The van der Waals surface area contributed by atoms with E-state index in [0.29, 0.717) is 11.8 Å². The fourth-order valence-corrected chi connectivity index (χ4v) is 1.78. The molecule has 0 aliphatic rings. The number of aromatic nitrogens is 3. The van der Waals surface area contributed by atoms with E-state index in [1.54, 1.807) is 7.11 Å². The van der Waals surface area contributed by atoms with Crippen molar-refractivity contribution in [2.24, 2.45) is 5.73 Å². The van der Waals surface area contributed by atoms with Crippen molar-refractivity contribution in [3.05, 3.63) is 6.33 Å². The van der Waals surface area contributed by atoms with Crippen LogP contribution in [-0.4, -0.2) is 51.9 Å². The molecular weight excluding hydrogens is 204 g/mol. The summed E-state index contributed by atoms with van der Waals surface area (Å²) in [5.74, 6) is 0. The second kappa shape index (κ2) is 5.97. The summed E-state index contributed by atoms with van der Waals surface area (Å²) in [7, 11) is 1.58. The van der Waals surface area contributed by atoms with Gasteiger partial charge < -0.3 is 15.6 Å². The molecule has 0 aliphatic carbocycles. The van der Waals surface area contributed by atoms with Crippen LogP contribution in [0.2, 0.25) is 0 Å². The average molecular weight is 218 g/mol. The molecule has 2 unspecified atom stereocenters. The van der Waals surface area contributed by atoms with Gasteiger partial charge in [0.2, 0.25) is 0 Å². The second-order valence-electron chi connectivity index (χ2n) is 2.75. The third-order valence-electron chi connectivity index (χ3n) is 1.67. The Bertz CT molecular complexity index is 244. The van der Waals surface area contributed by atoms with Gasteiger partial charge in [-0.05, 0) is 0 Å². The van der Waals surface area contributed by atoms with E-state index >= 15 is 0 Å². The Balaban J connectivity index is 2.46. The molecule has 6 nitrogen and oxygen atoms in total. The number of nitrogens with two attached hydrogens (primary N) is 1. The van der Waals surface area contributed by atoms with E-state index in [2.05, 4.69) is 15.2 Å². The Morgan fingerprint density at radius 2 is 2.57 bits per heavy atom. The number of thioether (sulfide) groups is 1. The average Bonchev–Trinajstić information content (AvgIpc) is 2.66. The zero-order valence-corrected chi connectivity index (χ0v) is 8.70. The first kappa shape index (κ1) is 11.4. The SMILES string of the molecule is COCC(N)C(CO)Sc1ncn[nH]1. The summed E-state index contributed by atoms with van der Waals surface area (Å²) in [4.78, 5) is 3.94. The molecule has 0 spiro atoms. The highest BCUT2D eigenvalue weighted by Gasteiger charge is 2.19. The monoisotopic (exact) mass is 218 g/mol. The van der Waals surface area contributed by atoms with Gasteiger partial charge in [-0.1, -0.05) is 11.8 Å². The summed E-state index contributed by atoms with van der Waals surface area (Å²) in [5, 5.41) is 16.0. The fourth-order valence-electron chi connectivity index (χ4n) is 0.954. The molecule has 0 aromatic carbocycles. The summed E-state index contributed by atoms with van der Waals surface area (Å²) in [6.07, 6.45) is 1.42. The molecule has 0 aliphatic heterocycles. The van der Waals surface area contributed by atoms with Gasteiger partial charge in [-0.25, -0.2) is 4.98 Å². The standard InChI is InChI=1S/C7H14N4O2S/c1-13-3-5(8)6(2-12)14-7-9-4-10-11-7/h4-6,12H,2-3,8H2,1H3,(H,9,10,11). The Kier molecular flexibility index (Phi) is 4.88. The third kappa shape index (κ3) is 3.26. The first-order chi connectivity index (χ1) is 6.77. The van der Waals surface area contributed by atoms with Crippen molar-refractivity contribution in [3.63, 3.8) is 0 Å². The molecule has 0 fully saturated rings. The summed E-state index contributed by atoms with van der Waals surface area (Å²) in [5.41, 5.74) is 5.79. The van der Waals surface area contributed by atoms with Crippen molar-refractivity contribution in [1.29, 1.82) is 0 Å². The number of aromatic amines is 1. The summed E-state index contributed by atoms with van der Waals surface area (Å²) < 4.78 is 4.91. The molecule has 1 aromatic rings. The summed E-state index contributed by atoms with van der Waals surface area (Å²) in [6.45, 7) is 0.391. The molecule has 0 amide bonds. The summed E-state index contributed by atoms with van der Waals surface area (Å²) >= 11 is 1.36. The Morgan fingerprint density at radius 3 is 3.07 bits per heavy atom. The molecule has 1 heterocycles. The van der Waals surface area contributed by atoms with Gasteiger partial charge in [0.25, 0.3) is 0 Å². The van der Waals surface area contributed by atoms with Gasteiger partial charge in [0.1, 0.15) is 6.33 Å². The van der Waals surface area contributed by atoms with Crippen LogP contribution in [0.3, 0.4) is 0 Å². The minimum Gasteiger partial charge on any atom is -0.395 e. The molecule has 80 valence electrons. The smallest absolute Gasteiger partial charge is 0.183 e. The highest BCUT2D eigenvalue weighted by molar-refractivity contribution is 7.99. The van der Waals surface area contributed by atoms with Crippen LogP contribution < -0.4 is 5.73 Å². The van der Waals surface area contributed by atoms with Crippen LogP contribution in [0, 0.1) is 0 Å². The van der Waals surface area contributed by atoms with E-state index in [0.717, 1.165) is 0 Å². The minimum atomic E-state index is -0.222. The van der Waals surface area contributed by atoms with Gasteiger partial charge >= 0.3 is 0 Å². The molecule has 14 heavy (non-hydrogen) atoms. The van der Waals surface area contributed by atoms with Crippen molar-refractivity contribution >= 4 is 11.8 Å². The molecule has 7 heteroatoms. The van der Waals surface area contributed by atoms with E-state index in [1.165, 1.54) is 18.1 Å². The van der Waals surface area contributed by atoms with E-state index in [4.69, 9.17) is 15.6 Å². The molecule has 4 N–H and O–H groups in total. The molecule has 0 radical (unpaired) electrons. The molecule has 1 aromatic heterocycles. The van der Waals surface area contributed by atoms with Gasteiger partial charge in [0, 0.05) is 13.2 Å². The first-order valence-electron chi connectivity index (χ1n) is 4.15. The lowest BCUT2D eigenvalue weighted by Crippen LogP contribution is -2.38. The fraction of sp³-hybridized carbons (Fsp3) is 0.714. The molecule has 2 atom stereocenters. The Morgan fingerprint density at radius 1 is 1.79 bits per heavy atom. The Hall–Kier alpha value is -0.630. The Labute approximate surface area is 86.2 Å². The first-order valence-corrected chi connectivity index (χ1v) is 5.03. The van der Waals surface area contributed by atoms with Gasteiger partial charge in [-0.3, -0.25) is 5.10 Å². The van der Waals surface area contributed by atoms with Crippen LogP contribution in [0.4, 0.5) is 0 Å². The lowest BCUT2D eigenvalue weighted by Gasteiger charge is -2.19. The zero-order chi connectivity index (χ0) is 10.4. The van der Waals surface area contributed by atoms with Crippen molar-refractivity contribution in [1.82, 2.24) is 15.2 Å². The van der Waals surface area contributed by atoms with Crippen LogP contribution in [-0.2, 0) is 4.74 Å². The van der Waals surface area contributed by atoms with Crippen LogP contribution in [0.15, 0.2) is 11.5 Å². The number of hydrogen-bond acceptors (Lipinski definition) is 6. The quantitative estimate of drug-likeness (QED) is 0.543. The number of nitrogens with one attached hydrogen (secondary N) is 1. The third-order valence-corrected chi connectivity index (χ3v) is 2.89. The molecule has 0 saturated heterocycles. The topological polar surface area (TPSA) is 97.1 Å². The molecule has 0 bridgehead atoms. The maximum atomic E-state index is 9.10. The molecular formula is C7H14N4O2S. The number of rotatable bonds is 6. The van der Waals surface area contributed by atoms with Crippen molar-refractivity contribution in [2.45, 2.75) is 16.4 Å². The number of aliphatic hydroxyl groups excluding tert-OH is 1. The second-order valence-corrected chi connectivity index (χ2v) is 3.98. The highest BCUT2D eigenvalue weighted by atomic mass is 32.2. The zero-order valence-electron chi connectivity index (χ0n) is 7.88. The lowest BCUT2D eigenvalue weighted by atomic mass is 10.2. The van der Waals surface area contributed by atoms with E-state index < -0.39 is 0 Å². The maximum Gasteiger partial charge on any atom is 0.183 e. The number of methoxy groups -OCH3 is 1.